The first kappa shape index (κ1) is 9.59. The molecular formula is C10H14ClN3. The van der Waals surface area contributed by atoms with E-state index in [4.69, 9.17) is 11.6 Å². The fourth-order valence-electron chi connectivity index (χ4n) is 1.43. The van der Waals surface area contributed by atoms with Gasteiger partial charge in [-0.15, -0.1) is 0 Å². The molecule has 2 rings (SSSR count). The molecule has 2 N–H and O–H groups in total. The molecule has 0 saturated heterocycles. The Kier molecular flexibility index (Phi) is 2.27. The highest BCUT2D eigenvalue weighted by Gasteiger charge is 2.22. The fourth-order valence-corrected chi connectivity index (χ4v) is 1.59. The van der Waals surface area contributed by atoms with Crippen LogP contribution in [0.5, 0.6) is 0 Å². The molecular weight excluding hydrogens is 198 g/mol. The average Bonchev–Trinajstić information content (AvgIpc) is 2.26. The second-order valence-electron chi connectivity index (χ2n) is 4.42. The highest BCUT2D eigenvalue weighted by Crippen LogP contribution is 2.28. The van der Waals surface area contributed by atoms with Gasteiger partial charge in [-0.05, 0) is 11.5 Å². The van der Waals surface area contributed by atoms with Gasteiger partial charge in [0.05, 0.1) is 10.7 Å². The lowest BCUT2D eigenvalue weighted by Crippen LogP contribution is -2.27. The first-order valence-electron chi connectivity index (χ1n) is 4.70. The maximum Gasteiger partial charge on any atom is 0.149 e. The summed E-state index contributed by atoms with van der Waals surface area (Å²) in [7, 11) is 0. The van der Waals surface area contributed by atoms with Crippen LogP contribution in [-0.2, 0) is 0 Å². The number of fused-ring (bicyclic) bond motifs is 1. The van der Waals surface area contributed by atoms with Crippen molar-refractivity contribution in [2.24, 2.45) is 5.41 Å². The van der Waals surface area contributed by atoms with Crippen LogP contribution < -0.4 is 10.6 Å². The molecule has 0 spiro atoms. The smallest absolute Gasteiger partial charge is 0.149 e. The molecule has 0 bridgehead atoms. The lowest BCUT2D eigenvalue weighted by atomic mass is 9.94. The van der Waals surface area contributed by atoms with Crippen molar-refractivity contribution in [3.63, 3.8) is 0 Å². The summed E-state index contributed by atoms with van der Waals surface area (Å²) in [6, 6.07) is 1.90. The summed E-state index contributed by atoms with van der Waals surface area (Å²) in [5, 5.41) is 7.32. The third-order valence-electron chi connectivity index (χ3n) is 2.35. The highest BCUT2D eigenvalue weighted by molar-refractivity contribution is 6.30. The van der Waals surface area contributed by atoms with Crippen molar-refractivity contribution in [1.29, 1.82) is 0 Å². The number of hydrogen-bond acceptors (Lipinski definition) is 3. The predicted octanol–water partition coefficient (Wildman–Crippen LogP) is 2.60. The predicted molar refractivity (Wildman–Crippen MR) is 60.0 cm³/mol. The summed E-state index contributed by atoms with van der Waals surface area (Å²) in [6.45, 7) is 6.26. The summed E-state index contributed by atoms with van der Waals surface area (Å²) in [4.78, 5) is 4.24. The van der Waals surface area contributed by atoms with E-state index in [-0.39, 0.29) is 5.41 Å². The minimum atomic E-state index is 0.229. The van der Waals surface area contributed by atoms with Crippen molar-refractivity contribution < 1.29 is 0 Å². The molecule has 1 aliphatic rings. The zero-order valence-corrected chi connectivity index (χ0v) is 9.15. The molecule has 0 radical (unpaired) electrons. The van der Waals surface area contributed by atoms with Crippen LogP contribution in [0, 0.1) is 5.41 Å². The van der Waals surface area contributed by atoms with E-state index in [1.54, 1.807) is 6.20 Å². The Bertz CT molecular complexity index is 349. The van der Waals surface area contributed by atoms with E-state index in [1.807, 2.05) is 6.07 Å². The Balaban J connectivity index is 2.30. The Labute approximate surface area is 88.9 Å². The Hall–Kier alpha value is -0.960. The number of aromatic nitrogens is 1. The van der Waals surface area contributed by atoms with Gasteiger partial charge in [0, 0.05) is 19.3 Å². The van der Waals surface area contributed by atoms with Gasteiger partial charge in [0.15, 0.2) is 0 Å². The SMILES string of the molecule is CC1(C)CNc2cc(Cl)cnc2NC1. The number of nitrogens with zero attached hydrogens (tertiary/aromatic N) is 1. The zero-order valence-electron chi connectivity index (χ0n) is 8.39. The third kappa shape index (κ3) is 1.93. The van der Waals surface area contributed by atoms with Gasteiger partial charge in [-0.25, -0.2) is 4.98 Å². The topological polar surface area (TPSA) is 37.0 Å². The van der Waals surface area contributed by atoms with Crippen LogP contribution in [0.3, 0.4) is 0 Å². The minimum absolute atomic E-state index is 0.229. The molecule has 2 heterocycles. The van der Waals surface area contributed by atoms with Gasteiger partial charge >= 0.3 is 0 Å². The summed E-state index contributed by atoms with van der Waals surface area (Å²) in [5.74, 6) is 0.889. The molecule has 1 aromatic heterocycles. The number of halogens is 1. The summed E-state index contributed by atoms with van der Waals surface area (Å²) >= 11 is 5.87. The van der Waals surface area contributed by atoms with Gasteiger partial charge in [-0.3, -0.25) is 0 Å². The van der Waals surface area contributed by atoms with Crippen LogP contribution in [-0.4, -0.2) is 18.1 Å². The average molecular weight is 212 g/mol. The minimum Gasteiger partial charge on any atom is -0.381 e. The second kappa shape index (κ2) is 3.31. The van der Waals surface area contributed by atoms with Crippen LogP contribution in [0.15, 0.2) is 12.3 Å². The lowest BCUT2D eigenvalue weighted by molar-refractivity contribution is 0.423. The first-order chi connectivity index (χ1) is 6.57. The van der Waals surface area contributed by atoms with Crippen LogP contribution in [0.25, 0.3) is 0 Å². The third-order valence-corrected chi connectivity index (χ3v) is 2.55. The Morgan fingerprint density at radius 3 is 2.86 bits per heavy atom. The number of hydrogen-bond donors (Lipinski definition) is 2. The van der Waals surface area contributed by atoms with Crippen LogP contribution >= 0.6 is 11.6 Å². The molecule has 4 heteroatoms. The van der Waals surface area contributed by atoms with E-state index in [1.165, 1.54) is 0 Å². The Morgan fingerprint density at radius 1 is 1.36 bits per heavy atom. The van der Waals surface area contributed by atoms with E-state index < -0.39 is 0 Å². The molecule has 0 fully saturated rings. The van der Waals surface area contributed by atoms with Crippen molar-refractivity contribution in [2.75, 3.05) is 23.7 Å². The van der Waals surface area contributed by atoms with Gasteiger partial charge in [0.25, 0.3) is 0 Å². The molecule has 1 aromatic rings. The molecule has 0 amide bonds. The normalized spacial score (nSPS) is 18.8. The molecule has 0 aliphatic carbocycles. The van der Waals surface area contributed by atoms with E-state index >= 15 is 0 Å². The molecule has 0 saturated carbocycles. The standard InChI is InChI=1S/C10H14ClN3/c1-10(2)5-13-8-3-7(11)4-12-9(8)14-6-10/h3-4,13H,5-6H2,1-2H3,(H,12,14). The fraction of sp³-hybridized carbons (Fsp3) is 0.500. The van der Waals surface area contributed by atoms with Crippen LogP contribution in [0.1, 0.15) is 13.8 Å². The van der Waals surface area contributed by atoms with Crippen molar-refractivity contribution >= 4 is 23.1 Å². The molecule has 76 valence electrons. The maximum atomic E-state index is 5.87. The summed E-state index contributed by atoms with van der Waals surface area (Å²) < 4.78 is 0. The van der Waals surface area contributed by atoms with E-state index in [9.17, 15) is 0 Å². The maximum absolute atomic E-state index is 5.87. The highest BCUT2D eigenvalue weighted by atomic mass is 35.5. The quantitative estimate of drug-likeness (QED) is 0.693. The molecule has 0 atom stereocenters. The van der Waals surface area contributed by atoms with Gasteiger partial charge in [0.2, 0.25) is 0 Å². The second-order valence-corrected chi connectivity index (χ2v) is 4.86. The van der Waals surface area contributed by atoms with Gasteiger partial charge in [-0.1, -0.05) is 25.4 Å². The van der Waals surface area contributed by atoms with Gasteiger partial charge in [-0.2, -0.15) is 0 Å². The molecule has 3 nitrogen and oxygen atoms in total. The Morgan fingerprint density at radius 2 is 2.07 bits per heavy atom. The van der Waals surface area contributed by atoms with Crippen molar-refractivity contribution in [2.45, 2.75) is 13.8 Å². The molecule has 14 heavy (non-hydrogen) atoms. The van der Waals surface area contributed by atoms with E-state index in [0.717, 1.165) is 24.6 Å². The molecule has 1 aliphatic heterocycles. The molecule has 0 aromatic carbocycles. The largest absolute Gasteiger partial charge is 0.381 e. The van der Waals surface area contributed by atoms with Crippen molar-refractivity contribution in [3.8, 4) is 0 Å². The number of pyridine rings is 1. The summed E-state index contributed by atoms with van der Waals surface area (Å²) in [5.41, 5.74) is 1.22. The molecule has 0 unspecified atom stereocenters. The van der Waals surface area contributed by atoms with E-state index in [0.29, 0.717) is 5.02 Å². The van der Waals surface area contributed by atoms with Crippen LogP contribution in [0.4, 0.5) is 11.5 Å². The zero-order chi connectivity index (χ0) is 10.2. The number of anilines is 2. The summed E-state index contributed by atoms with van der Waals surface area (Å²) in [6.07, 6.45) is 1.66. The first-order valence-corrected chi connectivity index (χ1v) is 5.08. The van der Waals surface area contributed by atoms with E-state index in [2.05, 4.69) is 29.5 Å². The van der Waals surface area contributed by atoms with Crippen molar-refractivity contribution in [3.05, 3.63) is 17.3 Å². The van der Waals surface area contributed by atoms with Gasteiger partial charge in [0.1, 0.15) is 5.82 Å². The monoisotopic (exact) mass is 211 g/mol. The number of rotatable bonds is 0. The van der Waals surface area contributed by atoms with Crippen molar-refractivity contribution in [1.82, 2.24) is 4.98 Å². The lowest BCUT2D eigenvalue weighted by Gasteiger charge is -2.21. The van der Waals surface area contributed by atoms with Gasteiger partial charge < -0.3 is 10.6 Å². The number of nitrogens with one attached hydrogen (secondary N) is 2. The van der Waals surface area contributed by atoms with Crippen LogP contribution in [0.2, 0.25) is 5.02 Å².